The van der Waals surface area contributed by atoms with Gasteiger partial charge >= 0.3 is 0 Å². The zero-order chi connectivity index (χ0) is 17.6. The minimum Gasteiger partial charge on any atom is -0.351 e. The third-order valence-corrected chi connectivity index (χ3v) is 5.91. The first-order valence-electron chi connectivity index (χ1n) is 9.26. The molecule has 0 bridgehead atoms. The van der Waals surface area contributed by atoms with Crippen molar-refractivity contribution in [3.63, 3.8) is 0 Å². The number of nitrogens with zero attached hydrogens (tertiary/aromatic N) is 4. The number of amides is 2. The molecule has 0 saturated carbocycles. The Balaban J connectivity index is 1.42. The lowest BCUT2D eigenvalue weighted by Gasteiger charge is -2.34. The highest BCUT2D eigenvalue weighted by Crippen LogP contribution is 2.48. The number of carbonyl (C=O) groups excluding carboxylic acids is 2. The van der Waals surface area contributed by atoms with Gasteiger partial charge in [-0.25, -0.2) is 0 Å². The van der Waals surface area contributed by atoms with Gasteiger partial charge in [-0.2, -0.15) is 5.10 Å². The van der Waals surface area contributed by atoms with Gasteiger partial charge in [-0.3, -0.25) is 14.3 Å². The van der Waals surface area contributed by atoms with E-state index in [0.717, 1.165) is 19.4 Å². The van der Waals surface area contributed by atoms with Gasteiger partial charge in [-0.1, -0.05) is 13.8 Å². The minimum atomic E-state index is -0.566. The highest BCUT2D eigenvalue weighted by molar-refractivity contribution is 5.85. The first kappa shape index (κ1) is 16.6. The van der Waals surface area contributed by atoms with Crippen LogP contribution >= 0.6 is 0 Å². The van der Waals surface area contributed by atoms with Crippen molar-refractivity contribution in [3.8, 4) is 0 Å². The monoisotopic (exact) mass is 346 g/mol. The van der Waals surface area contributed by atoms with Crippen LogP contribution in [0.15, 0.2) is 18.5 Å². The number of carbonyl (C=O) groups is 2. The molecule has 3 atom stereocenters. The molecule has 136 valence electrons. The summed E-state index contributed by atoms with van der Waals surface area (Å²) >= 11 is 0. The van der Waals surface area contributed by atoms with E-state index in [0.29, 0.717) is 31.9 Å². The van der Waals surface area contributed by atoms with Crippen LogP contribution in [0.4, 0.5) is 0 Å². The Morgan fingerprint density at radius 1 is 1.48 bits per heavy atom. The largest absolute Gasteiger partial charge is 0.351 e. The maximum absolute atomic E-state index is 12.7. The molecule has 0 unspecified atom stereocenters. The van der Waals surface area contributed by atoms with Gasteiger partial charge in [0.05, 0.1) is 25.1 Å². The van der Waals surface area contributed by atoms with Crippen LogP contribution < -0.4 is 0 Å². The number of hydrogen-bond acceptors (Lipinski definition) is 4. The Morgan fingerprint density at radius 2 is 2.32 bits per heavy atom. The van der Waals surface area contributed by atoms with Gasteiger partial charge in [0.25, 0.3) is 0 Å². The van der Waals surface area contributed by atoms with E-state index in [1.165, 1.54) is 0 Å². The smallest absolute Gasteiger partial charge is 0.227 e. The average Bonchev–Trinajstić information content (AvgIpc) is 3.30. The molecule has 3 aliphatic rings. The Bertz CT molecular complexity index is 659. The number of rotatable bonds is 5. The fourth-order valence-corrected chi connectivity index (χ4v) is 4.64. The molecule has 3 aliphatic heterocycles. The fourth-order valence-electron chi connectivity index (χ4n) is 4.64. The van der Waals surface area contributed by atoms with Gasteiger partial charge in [0.15, 0.2) is 5.72 Å². The van der Waals surface area contributed by atoms with Gasteiger partial charge in [-0.15, -0.1) is 0 Å². The molecule has 4 heterocycles. The predicted molar refractivity (Wildman–Crippen MR) is 90.4 cm³/mol. The van der Waals surface area contributed by atoms with E-state index in [2.05, 4.69) is 18.9 Å². The van der Waals surface area contributed by atoms with E-state index in [4.69, 9.17) is 4.74 Å². The molecule has 25 heavy (non-hydrogen) atoms. The van der Waals surface area contributed by atoms with Crippen molar-refractivity contribution in [2.24, 2.45) is 5.92 Å². The van der Waals surface area contributed by atoms with Gasteiger partial charge in [0, 0.05) is 38.3 Å². The second-order valence-electron chi connectivity index (χ2n) is 7.66. The first-order valence-corrected chi connectivity index (χ1v) is 9.26. The summed E-state index contributed by atoms with van der Waals surface area (Å²) in [5.74, 6) is 0.622. The number of aryl methyl sites for hydroxylation is 1. The van der Waals surface area contributed by atoms with Crippen LogP contribution in [0.5, 0.6) is 0 Å². The molecule has 1 aromatic heterocycles. The quantitative estimate of drug-likeness (QED) is 0.805. The molecule has 0 radical (unpaired) electrons. The average molecular weight is 346 g/mol. The van der Waals surface area contributed by atoms with Crippen molar-refractivity contribution >= 4 is 11.8 Å². The van der Waals surface area contributed by atoms with Gasteiger partial charge in [0.2, 0.25) is 11.8 Å². The number of ether oxygens (including phenoxy) is 1. The molecule has 3 saturated heterocycles. The zero-order valence-electron chi connectivity index (χ0n) is 14.9. The number of likely N-dealkylation sites (tertiary alicyclic amines) is 1. The summed E-state index contributed by atoms with van der Waals surface area (Å²) in [5, 5.41) is 4.16. The second-order valence-corrected chi connectivity index (χ2v) is 7.66. The van der Waals surface area contributed by atoms with Crippen LogP contribution in [-0.2, 0) is 20.9 Å². The third kappa shape index (κ3) is 2.56. The Hall–Kier alpha value is -1.89. The maximum Gasteiger partial charge on any atom is 0.227 e. The Kier molecular flexibility index (Phi) is 4.06. The number of aromatic nitrogens is 2. The molecular formula is C18H26N4O3. The van der Waals surface area contributed by atoms with Crippen molar-refractivity contribution in [3.05, 3.63) is 18.5 Å². The molecule has 1 spiro atoms. The maximum atomic E-state index is 12.7. The summed E-state index contributed by atoms with van der Waals surface area (Å²) in [7, 11) is 0. The molecule has 0 N–H and O–H groups in total. The van der Waals surface area contributed by atoms with Crippen LogP contribution in [0, 0.1) is 5.92 Å². The Labute approximate surface area is 147 Å². The molecule has 7 nitrogen and oxygen atoms in total. The SMILES string of the molecule is CC(C)[C@@H]1CO[C@@]23CCN(C(=O)CCCn4cccn4)[C@@H]2CC(=O)N13. The van der Waals surface area contributed by atoms with Crippen molar-refractivity contribution in [2.75, 3.05) is 13.2 Å². The molecule has 3 fully saturated rings. The van der Waals surface area contributed by atoms with Gasteiger partial charge in [-0.05, 0) is 18.4 Å². The highest BCUT2D eigenvalue weighted by atomic mass is 16.5. The van der Waals surface area contributed by atoms with Crippen LogP contribution in [0.2, 0.25) is 0 Å². The number of hydrogen-bond donors (Lipinski definition) is 0. The first-order chi connectivity index (χ1) is 12.0. The van der Waals surface area contributed by atoms with E-state index in [1.54, 1.807) is 6.20 Å². The molecule has 7 heteroatoms. The van der Waals surface area contributed by atoms with Gasteiger partial charge in [0.1, 0.15) is 0 Å². The van der Waals surface area contributed by atoms with E-state index >= 15 is 0 Å². The lowest BCUT2D eigenvalue weighted by molar-refractivity contribution is -0.141. The lowest BCUT2D eigenvalue weighted by Crippen LogP contribution is -2.51. The summed E-state index contributed by atoms with van der Waals surface area (Å²) in [6.45, 7) is 6.25. The molecule has 0 aromatic carbocycles. The van der Waals surface area contributed by atoms with E-state index in [9.17, 15) is 9.59 Å². The lowest BCUT2D eigenvalue weighted by atomic mass is 10.0. The Morgan fingerprint density at radius 3 is 3.04 bits per heavy atom. The van der Waals surface area contributed by atoms with E-state index < -0.39 is 5.72 Å². The van der Waals surface area contributed by atoms with Crippen LogP contribution in [-0.4, -0.2) is 62.4 Å². The van der Waals surface area contributed by atoms with Crippen LogP contribution in [0.1, 0.15) is 39.5 Å². The molecule has 1 aromatic rings. The van der Waals surface area contributed by atoms with Crippen LogP contribution in [0.3, 0.4) is 0 Å². The van der Waals surface area contributed by atoms with E-state index in [-0.39, 0.29) is 23.9 Å². The van der Waals surface area contributed by atoms with Crippen molar-refractivity contribution in [1.82, 2.24) is 19.6 Å². The molecule has 4 rings (SSSR count). The zero-order valence-corrected chi connectivity index (χ0v) is 14.9. The van der Waals surface area contributed by atoms with Crippen LogP contribution in [0.25, 0.3) is 0 Å². The van der Waals surface area contributed by atoms with Crippen molar-refractivity contribution in [2.45, 2.75) is 63.9 Å². The topological polar surface area (TPSA) is 67.7 Å². The minimum absolute atomic E-state index is 0.124. The van der Waals surface area contributed by atoms with Crippen molar-refractivity contribution < 1.29 is 14.3 Å². The molecular weight excluding hydrogens is 320 g/mol. The van der Waals surface area contributed by atoms with E-state index in [1.807, 2.05) is 26.7 Å². The summed E-state index contributed by atoms with van der Waals surface area (Å²) in [6.07, 6.45) is 6.01. The highest BCUT2D eigenvalue weighted by Gasteiger charge is 2.65. The summed E-state index contributed by atoms with van der Waals surface area (Å²) in [6, 6.07) is 1.89. The molecule has 0 aliphatic carbocycles. The summed E-state index contributed by atoms with van der Waals surface area (Å²) in [4.78, 5) is 29.2. The van der Waals surface area contributed by atoms with Gasteiger partial charge < -0.3 is 14.5 Å². The predicted octanol–water partition coefficient (Wildman–Crippen LogP) is 1.25. The third-order valence-electron chi connectivity index (χ3n) is 5.91. The summed E-state index contributed by atoms with van der Waals surface area (Å²) < 4.78 is 8.01. The summed E-state index contributed by atoms with van der Waals surface area (Å²) in [5.41, 5.74) is -0.566. The second kappa shape index (κ2) is 6.12. The van der Waals surface area contributed by atoms with Crippen molar-refractivity contribution in [1.29, 1.82) is 0 Å². The molecule has 2 amide bonds. The standard InChI is InChI=1S/C18H26N4O3/c1-13(2)14-12-25-18-6-10-21(15(18)11-17(24)22(14)18)16(23)5-3-8-20-9-4-7-19-20/h4,7,9,13-15H,3,5-6,8,10-12H2,1-2H3/t14-,15+,18-/m0/s1. The fraction of sp³-hybridized carbons (Fsp3) is 0.722. The normalized spacial score (nSPS) is 31.1.